The van der Waals surface area contributed by atoms with Crippen LogP contribution >= 0.6 is 11.3 Å². The van der Waals surface area contributed by atoms with E-state index in [4.69, 9.17) is 0 Å². The average Bonchev–Trinajstić information content (AvgIpc) is 3.33. The highest BCUT2D eigenvalue weighted by Crippen LogP contribution is 2.24. The highest BCUT2D eigenvalue weighted by Gasteiger charge is 2.27. The Hall–Kier alpha value is -2.58. The van der Waals surface area contributed by atoms with E-state index in [0.29, 0.717) is 13.0 Å². The van der Waals surface area contributed by atoms with Crippen molar-refractivity contribution >= 4 is 17.2 Å². The zero-order valence-electron chi connectivity index (χ0n) is 14.3. The molecule has 8 heteroatoms. The van der Waals surface area contributed by atoms with E-state index >= 15 is 0 Å². The number of pyridine rings is 1. The van der Waals surface area contributed by atoms with E-state index in [1.54, 1.807) is 23.7 Å². The SMILES string of the molecule is O=C(C[C@@H]1CN(Cc2nccs2)Cc2ccnn21)NCc1cccnc1. The summed E-state index contributed by atoms with van der Waals surface area (Å²) in [4.78, 5) is 23.2. The van der Waals surface area contributed by atoms with E-state index in [1.807, 2.05) is 40.7 Å². The first-order valence-corrected chi connectivity index (χ1v) is 9.44. The number of hydrogen-bond donors (Lipinski definition) is 1. The topological polar surface area (TPSA) is 75.9 Å². The lowest BCUT2D eigenvalue weighted by Gasteiger charge is -2.33. The zero-order valence-corrected chi connectivity index (χ0v) is 15.1. The molecule has 0 saturated carbocycles. The summed E-state index contributed by atoms with van der Waals surface area (Å²) in [5.41, 5.74) is 2.13. The Kier molecular flexibility index (Phi) is 5.03. The number of aromatic nitrogens is 4. The molecular formula is C18H20N6OS. The molecule has 0 saturated heterocycles. The van der Waals surface area contributed by atoms with Gasteiger partial charge in [0.1, 0.15) is 5.01 Å². The van der Waals surface area contributed by atoms with Crippen molar-refractivity contribution in [3.63, 3.8) is 0 Å². The number of thiazole rings is 1. The van der Waals surface area contributed by atoms with Crippen LogP contribution in [0.1, 0.15) is 28.7 Å². The summed E-state index contributed by atoms with van der Waals surface area (Å²) in [6.45, 7) is 2.91. The minimum atomic E-state index is 0.0244. The van der Waals surface area contributed by atoms with Gasteiger partial charge in [-0.1, -0.05) is 6.07 Å². The molecule has 4 heterocycles. The molecule has 7 nitrogen and oxygen atoms in total. The first-order valence-electron chi connectivity index (χ1n) is 8.56. The minimum absolute atomic E-state index is 0.0244. The third kappa shape index (κ3) is 3.97. The molecule has 4 rings (SSSR count). The van der Waals surface area contributed by atoms with Gasteiger partial charge in [-0.05, 0) is 17.7 Å². The molecule has 1 aliphatic heterocycles. The van der Waals surface area contributed by atoms with Crippen molar-refractivity contribution in [2.45, 2.75) is 32.1 Å². The minimum Gasteiger partial charge on any atom is -0.352 e. The highest BCUT2D eigenvalue weighted by molar-refractivity contribution is 7.09. The van der Waals surface area contributed by atoms with Gasteiger partial charge in [-0.15, -0.1) is 11.3 Å². The van der Waals surface area contributed by atoms with Crippen LogP contribution in [0.3, 0.4) is 0 Å². The molecule has 0 aliphatic carbocycles. The maximum Gasteiger partial charge on any atom is 0.222 e. The van der Waals surface area contributed by atoms with Gasteiger partial charge in [0.25, 0.3) is 0 Å². The van der Waals surface area contributed by atoms with Crippen molar-refractivity contribution in [3.05, 3.63) is 64.6 Å². The molecule has 1 aliphatic rings. The van der Waals surface area contributed by atoms with Crippen LogP contribution in [-0.4, -0.2) is 37.1 Å². The fraction of sp³-hybridized carbons (Fsp3) is 0.333. The van der Waals surface area contributed by atoms with Gasteiger partial charge in [-0.2, -0.15) is 5.10 Å². The van der Waals surface area contributed by atoms with Crippen molar-refractivity contribution in [2.24, 2.45) is 0 Å². The normalized spacial score (nSPS) is 17.0. The number of carbonyl (C=O) groups excluding carboxylic acids is 1. The average molecular weight is 368 g/mol. The van der Waals surface area contributed by atoms with Gasteiger partial charge in [0.2, 0.25) is 5.91 Å². The molecule has 134 valence electrons. The monoisotopic (exact) mass is 368 g/mol. The third-order valence-electron chi connectivity index (χ3n) is 4.43. The smallest absolute Gasteiger partial charge is 0.222 e. The molecule has 1 amide bonds. The number of nitrogens with one attached hydrogen (secondary N) is 1. The molecule has 0 unspecified atom stereocenters. The number of fused-ring (bicyclic) bond motifs is 1. The van der Waals surface area contributed by atoms with Gasteiger partial charge >= 0.3 is 0 Å². The van der Waals surface area contributed by atoms with Crippen molar-refractivity contribution in [3.8, 4) is 0 Å². The fourth-order valence-electron chi connectivity index (χ4n) is 3.25. The summed E-state index contributed by atoms with van der Waals surface area (Å²) < 4.78 is 1.99. The van der Waals surface area contributed by atoms with Crippen molar-refractivity contribution < 1.29 is 4.79 Å². The number of hydrogen-bond acceptors (Lipinski definition) is 6. The first kappa shape index (κ1) is 16.9. The van der Waals surface area contributed by atoms with E-state index in [9.17, 15) is 4.79 Å². The van der Waals surface area contributed by atoms with Gasteiger partial charge in [0.15, 0.2) is 0 Å². The van der Waals surface area contributed by atoms with Crippen molar-refractivity contribution in [2.75, 3.05) is 6.54 Å². The van der Waals surface area contributed by atoms with Crippen LogP contribution in [0.25, 0.3) is 0 Å². The van der Waals surface area contributed by atoms with E-state index in [2.05, 4.69) is 25.3 Å². The van der Waals surface area contributed by atoms with Crippen molar-refractivity contribution in [1.82, 2.24) is 30.0 Å². The quantitative estimate of drug-likeness (QED) is 0.720. The Balaban J connectivity index is 1.39. The highest BCUT2D eigenvalue weighted by atomic mass is 32.1. The number of carbonyl (C=O) groups is 1. The summed E-state index contributed by atoms with van der Waals surface area (Å²) in [7, 11) is 0. The molecule has 0 bridgehead atoms. The molecule has 0 fully saturated rings. The van der Waals surface area contributed by atoms with Gasteiger partial charge < -0.3 is 5.32 Å². The summed E-state index contributed by atoms with van der Waals surface area (Å²) in [6.07, 6.45) is 7.54. The maximum absolute atomic E-state index is 12.4. The van der Waals surface area contributed by atoms with E-state index in [-0.39, 0.29) is 11.9 Å². The van der Waals surface area contributed by atoms with E-state index in [1.165, 1.54) is 0 Å². The molecule has 0 spiro atoms. The van der Waals surface area contributed by atoms with Crippen LogP contribution < -0.4 is 5.32 Å². The zero-order chi connectivity index (χ0) is 17.8. The Morgan fingerprint density at radius 2 is 2.27 bits per heavy atom. The Morgan fingerprint density at radius 1 is 1.31 bits per heavy atom. The van der Waals surface area contributed by atoms with Crippen LogP contribution in [0.4, 0.5) is 0 Å². The van der Waals surface area contributed by atoms with Gasteiger partial charge in [-0.3, -0.25) is 19.4 Å². The molecule has 0 radical (unpaired) electrons. The molecule has 3 aromatic rings. The second-order valence-corrected chi connectivity index (χ2v) is 7.34. The van der Waals surface area contributed by atoms with Gasteiger partial charge in [0, 0.05) is 49.8 Å². The molecular weight excluding hydrogens is 348 g/mol. The van der Waals surface area contributed by atoms with Gasteiger partial charge in [-0.25, -0.2) is 4.98 Å². The molecule has 0 aromatic carbocycles. The van der Waals surface area contributed by atoms with Gasteiger partial charge in [0.05, 0.1) is 24.7 Å². The number of rotatable bonds is 6. The largest absolute Gasteiger partial charge is 0.352 e. The Morgan fingerprint density at radius 3 is 3.08 bits per heavy atom. The summed E-state index contributed by atoms with van der Waals surface area (Å²) in [5.74, 6) is 0.0244. The molecule has 1 atom stereocenters. The molecule has 1 N–H and O–H groups in total. The second-order valence-electron chi connectivity index (χ2n) is 6.36. The van der Waals surface area contributed by atoms with Crippen LogP contribution in [-0.2, 0) is 24.4 Å². The van der Waals surface area contributed by atoms with Crippen LogP contribution in [0.5, 0.6) is 0 Å². The lowest BCUT2D eigenvalue weighted by molar-refractivity contribution is -0.122. The second kappa shape index (κ2) is 7.76. The lowest BCUT2D eigenvalue weighted by Crippen LogP contribution is -2.39. The molecule has 3 aromatic heterocycles. The van der Waals surface area contributed by atoms with Crippen LogP contribution in [0, 0.1) is 0 Å². The first-order chi connectivity index (χ1) is 12.8. The van der Waals surface area contributed by atoms with Crippen molar-refractivity contribution in [1.29, 1.82) is 0 Å². The Bertz CT molecular complexity index is 848. The van der Waals surface area contributed by atoms with Crippen LogP contribution in [0.2, 0.25) is 0 Å². The predicted octanol–water partition coefficient (Wildman–Crippen LogP) is 2.00. The lowest BCUT2D eigenvalue weighted by atomic mass is 10.1. The summed E-state index contributed by atoms with van der Waals surface area (Å²) in [5, 5.41) is 10.5. The van der Waals surface area contributed by atoms with E-state index in [0.717, 1.165) is 35.9 Å². The number of amides is 1. The fourth-order valence-corrected chi connectivity index (χ4v) is 3.91. The standard InChI is InChI=1S/C18H20N6OS/c25-17(21-10-14-2-1-4-19-9-14)8-16-12-23(13-18-20-6-7-26-18)11-15-3-5-22-24(15)16/h1-7,9,16H,8,10-13H2,(H,21,25)/t16-/m1/s1. The maximum atomic E-state index is 12.4. The Labute approximate surface area is 155 Å². The summed E-state index contributed by atoms with van der Waals surface area (Å²) in [6, 6.07) is 5.88. The third-order valence-corrected chi connectivity index (χ3v) is 5.19. The van der Waals surface area contributed by atoms with Crippen LogP contribution in [0.15, 0.2) is 48.4 Å². The summed E-state index contributed by atoms with van der Waals surface area (Å²) >= 11 is 1.66. The number of nitrogens with zero attached hydrogens (tertiary/aromatic N) is 5. The molecule has 26 heavy (non-hydrogen) atoms. The van der Waals surface area contributed by atoms with E-state index < -0.39 is 0 Å². The predicted molar refractivity (Wildman–Crippen MR) is 98.2 cm³/mol.